The lowest BCUT2D eigenvalue weighted by atomic mass is 9.96. The van der Waals surface area contributed by atoms with Crippen molar-refractivity contribution >= 4 is 5.91 Å². The molecule has 1 unspecified atom stereocenters. The van der Waals surface area contributed by atoms with Crippen molar-refractivity contribution in [2.45, 2.75) is 19.8 Å². The van der Waals surface area contributed by atoms with Gasteiger partial charge < -0.3 is 10.4 Å². The van der Waals surface area contributed by atoms with Gasteiger partial charge in [-0.15, -0.1) is 0 Å². The molecule has 1 amide bonds. The number of pyridine rings is 1. The van der Waals surface area contributed by atoms with E-state index in [1.165, 1.54) is 0 Å². The number of hydrogen-bond donors (Lipinski definition) is 2. The number of hydrogen-bond acceptors (Lipinski definition) is 3. The first-order chi connectivity index (χ1) is 9.51. The Labute approximate surface area is 118 Å². The smallest absolute Gasteiger partial charge is 0.269 e. The summed E-state index contributed by atoms with van der Waals surface area (Å²) in [5, 5.41) is 12.1. The number of phenols is 1. The van der Waals surface area contributed by atoms with Crippen LogP contribution in [0, 0.1) is 6.92 Å². The van der Waals surface area contributed by atoms with E-state index in [2.05, 4.69) is 10.3 Å². The highest BCUT2D eigenvalue weighted by Gasteiger charge is 2.14. The van der Waals surface area contributed by atoms with E-state index in [0.717, 1.165) is 16.8 Å². The van der Waals surface area contributed by atoms with Gasteiger partial charge in [-0.25, -0.2) is 4.98 Å². The second-order valence-corrected chi connectivity index (χ2v) is 4.85. The summed E-state index contributed by atoms with van der Waals surface area (Å²) in [5.74, 6) is 0.0389. The van der Waals surface area contributed by atoms with Crippen molar-refractivity contribution in [3.8, 4) is 5.75 Å². The van der Waals surface area contributed by atoms with Crippen LogP contribution in [-0.2, 0) is 0 Å². The van der Waals surface area contributed by atoms with Crippen molar-refractivity contribution in [3.63, 3.8) is 0 Å². The maximum Gasteiger partial charge on any atom is 0.269 e. The number of aromatic hydroxyl groups is 1. The molecule has 2 N–H and O–H groups in total. The Bertz CT molecular complexity index is 638. The number of amides is 1. The van der Waals surface area contributed by atoms with Gasteiger partial charge in [0.1, 0.15) is 11.4 Å². The fourth-order valence-corrected chi connectivity index (χ4v) is 2.13. The summed E-state index contributed by atoms with van der Waals surface area (Å²) in [4.78, 5) is 16.1. The Morgan fingerprint density at radius 3 is 2.70 bits per heavy atom. The number of phenolic OH excluding ortho intramolecular Hbond substituents is 1. The Hall–Kier alpha value is -2.36. The number of carbonyl (C=O) groups excluding carboxylic acids is 1. The Kier molecular flexibility index (Phi) is 4.03. The molecule has 104 valence electrons. The summed E-state index contributed by atoms with van der Waals surface area (Å²) >= 11 is 0. The molecule has 0 aliphatic heterocycles. The third kappa shape index (κ3) is 2.96. The third-order valence-corrected chi connectivity index (χ3v) is 3.26. The van der Waals surface area contributed by atoms with Crippen LogP contribution in [0.4, 0.5) is 0 Å². The molecular weight excluding hydrogens is 252 g/mol. The summed E-state index contributed by atoms with van der Waals surface area (Å²) in [6.45, 7) is 3.94. The molecule has 4 nitrogen and oxygen atoms in total. The minimum atomic E-state index is -0.196. The van der Waals surface area contributed by atoms with E-state index in [1.807, 2.05) is 26.0 Å². The minimum Gasteiger partial charge on any atom is -0.508 e. The fourth-order valence-electron chi connectivity index (χ4n) is 2.13. The number of benzene rings is 1. The number of aryl methyl sites for hydroxylation is 1. The van der Waals surface area contributed by atoms with E-state index in [0.29, 0.717) is 5.69 Å². The van der Waals surface area contributed by atoms with Gasteiger partial charge in [-0.1, -0.05) is 19.1 Å². The highest BCUT2D eigenvalue weighted by molar-refractivity contribution is 5.92. The number of nitrogens with zero attached hydrogens (tertiary/aromatic N) is 1. The number of nitrogens with one attached hydrogen (secondary N) is 1. The van der Waals surface area contributed by atoms with Gasteiger partial charge in [-0.3, -0.25) is 4.79 Å². The van der Waals surface area contributed by atoms with E-state index in [9.17, 15) is 9.90 Å². The number of rotatable bonds is 3. The summed E-state index contributed by atoms with van der Waals surface area (Å²) in [6.07, 6.45) is 0. The monoisotopic (exact) mass is 270 g/mol. The van der Waals surface area contributed by atoms with E-state index in [-0.39, 0.29) is 17.6 Å². The first kappa shape index (κ1) is 14.1. The highest BCUT2D eigenvalue weighted by Crippen LogP contribution is 2.26. The molecule has 0 aliphatic rings. The van der Waals surface area contributed by atoms with Gasteiger partial charge in [0.2, 0.25) is 0 Å². The molecule has 0 radical (unpaired) electrons. The van der Waals surface area contributed by atoms with Crippen LogP contribution >= 0.6 is 0 Å². The molecule has 1 heterocycles. The molecule has 0 saturated carbocycles. The molecule has 0 spiro atoms. The van der Waals surface area contributed by atoms with Crippen LogP contribution in [-0.4, -0.2) is 23.0 Å². The molecule has 0 fully saturated rings. The average Bonchev–Trinajstić information content (AvgIpc) is 2.45. The summed E-state index contributed by atoms with van der Waals surface area (Å²) in [6, 6.07) is 10.8. The Morgan fingerprint density at radius 2 is 2.05 bits per heavy atom. The van der Waals surface area contributed by atoms with Crippen molar-refractivity contribution in [3.05, 3.63) is 58.9 Å². The summed E-state index contributed by atoms with van der Waals surface area (Å²) < 4.78 is 0. The molecule has 0 aliphatic carbocycles. The lowest BCUT2D eigenvalue weighted by Gasteiger charge is -2.14. The summed E-state index contributed by atoms with van der Waals surface area (Å²) in [7, 11) is 1.59. The average molecular weight is 270 g/mol. The zero-order valence-electron chi connectivity index (χ0n) is 11.8. The predicted octanol–water partition coefficient (Wildman–Crippen LogP) is 2.61. The van der Waals surface area contributed by atoms with Crippen LogP contribution in [0.5, 0.6) is 5.75 Å². The standard InChI is InChI=1S/C16H18N2O2/c1-10-7-14(18-15(8-10)16(20)17-3)11(2)12-5-4-6-13(19)9-12/h4-9,11,19H,1-3H3,(H,17,20). The third-order valence-electron chi connectivity index (χ3n) is 3.26. The molecular formula is C16H18N2O2. The van der Waals surface area contributed by atoms with Crippen LogP contribution in [0.15, 0.2) is 36.4 Å². The minimum absolute atomic E-state index is 0.00501. The van der Waals surface area contributed by atoms with Crippen LogP contribution in [0.25, 0.3) is 0 Å². The van der Waals surface area contributed by atoms with Gasteiger partial charge in [-0.2, -0.15) is 0 Å². The van der Waals surface area contributed by atoms with Gasteiger partial charge >= 0.3 is 0 Å². The SMILES string of the molecule is CNC(=O)c1cc(C)cc(C(C)c2cccc(O)c2)n1. The topological polar surface area (TPSA) is 62.2 Å². The van der Waals surface area contributed by atoms with Gasteiger partial charge in [0, 0.05) is 18.7 Å². The first-order valence-electron chi connectivity index (χ1n) is 6.51. The van der Waals surface area contributed by atoms with Gasteiger partial charge in [0.25, 0.3) is 5.91 Å². The Morgan fingerprint density at radius 1 is 1.30 bits per heavy atom. The molecule has 0 saturated heterocycles. The van der Waals surface area contributed by atoms with E-state index in [4.69, 9.17) is 0 Å². The largest absolute Gasteiger partial charge is 0.508 e. The molecule has 20 heavy (non-hydrogen) atoms. The number of carbonyl (C=O) groups is 1. The predicted molar refractivity (Wildman–Crippen MR) is 78.0 cm³/mol. The van der Waals surface area contributed by atoms with Crippen LogP contribution in [0.1, 0.15) is 40.2 Å². The fraction of sp³-hybridized carbons (Fsp3) is 0.250. The zero-order valence-corrected chi connectivity index (χ0v) is 11.8. The normalized spacial score (nSPS) is 11.9. The van der Waals surface area contributed by atoms with Crippen molar-refractivity contribution < 1.29 is 9.90 Å². The van der Waals surface area contributed by atoms with Crippen LogP contribution in [0.3, 0.4) is 0 Å². The van der Waals surface area contributed by atoms with E-state index >= 15 is 0 Å². The molecule has 2 rings (SSSR count). The second-order valence-electron chi connectivity index (χ2n) is 4.85. The summed E-state index contributed by atoms with van der Waals surface area (Å²) in [5.41, 5.74) is 3.18. The van der Waals surface area contributed by atoms with Crippen molar-refractivity contribution in [1.82, 2.24) is 10.3 Å². The number of aromatic nitrogens is 1. The molecule has 1 atom stereocenters. The lowest BCUT2D eigenvalue weighted by molar-refractivity contribution is 0.0958. The molecule has 2 aromatic rings. The molecule has 4 heteroatoms. The molecule has 1 aromatic heterocycles. The lowest BCUT2D eigenvalue weighted by Crippen LogP contribution is -2.20. The Balaban J connectivity index is 2.41. The second kappa shape index (κ2) is 5.74. The van der Waals surface area contributed by atoms with Crippen molar-refractivity contribution in [2.24, 2.45) is 0 Å². The highest BCUT2D eigenvalue weighted by atomic mass is 16.3. The first-order valence-corrected chi connectivity index (χ1v) is 6.51. The maximum absolute atomic E-state index is 11.7. The van der Waals surface area contributed by atoms with Crippen molar-refractivity contribution in [2.75, 3.05) is 7.05 Å². The quantitative estimate of drug-likeness (QED) is 0.901. The maximum atomic E-state index is 11.7. The molecule has 1 aromatic carbocycles. The van der Waals surface area contributed by atoms with Gasteiger partial charge in [0.05, 0.1) is 0 Å². The van der Waals surface area contributed by atoms with Crippen molar-refractivity contribution in [1.29, 1.82) is 0 Å². The van der Waals surface area contributed by atoms with Gasteiger partial charge in [-0.05, 0) is 42.3 Å². The van der Waals surface area contributed by atoms with Crippen LogP contribution in [0.2, 0.25) is 0 Å². The van der Waals surface area contributed by atoms with Gasteiger partial charge in [0.15, 0.2) is 0 Å². The molecule has 0 bridgehead atoms. The van der Waals surface area contributed by atoms with Crippen LogP contribution < -0.4 is 5.32 Å². The zero-order chi connectivity index (χ0) is 14.7. The van der Waals surface area contributed by atoms with E-state index < -0.39 is 0 Å². The van der Waals surface area contributed by atoms with E-state index in [1.54, 1.807) is 31.3 Å².